The normalized spacial score (nSPS) is 11.1. The third-order valence-electron chi connectivity index (χ3n) is 2.34. The molecule has 88 valence electrons. The van der Waals surface area contributed by atoms with Crippen LogP contribution in [0.3, 0.4) is 0 Å². The van der Waals surface area contributed by atoms with Crippen LogP contribution in [0.1, 0.15) is 24.5 Å². The highest BCUT2D eigenvalue weighted by Crippen LogP contribution is 2.35. The zero-order valence-electron chi connectivity index (χ0n) is 9.28. The molecule has 0 aliphatic heterocycles. The second-order valence-electron chi connectivity index (χ2n) is 3.37. The molecule has 0 spiro atoms. The summed E-state index contributed by atoms with van der Waals surface area (Å²) in [5.74, 6) is 0.160. The van der Waals surface area contributed by atoms with Gasteiger partial charge in [-0.15, -0.1) is 0 Å². The Hall–Kier alpha value is -1.16. The molecule has 16 heavy (non-hydrogen) atoms. The van der Waals surface area contributed by atoms with Gasteiger partial charge in [-0.25, -0.2) is 0 Å². The van der Waals surface area contributed by atoms with Gasteiger partial charge in [-0.3, -0.25) is 4.57 Å². The molecule has 0 unspecified atom stereocenters. The monoisotopic (exact) mass is 285 g/mol. The number of aromatic nitrogens is 1. The van der Waals surface area contributed by atoms with Crippen molar-refractivity contribution in [2.45, 2.75) is 19.9 Å². The van der Waals surface area contributed by atoms with Crippen LogP contribution in [-0.4, -0.2) is 20.1 Å². The summed E-state index contributed by atoms with van der Waals surface area (Å²) in [6.07, 6.45) is 5.96. The van der Waals surface area contributed by atoms with E-state index in [9.17, 15) is 10.2 Å². The third-order valence-corrected chi connectivity index (χ3v) is 2.90. The molecule has 4 heteroatoms. The summed E-state index contributed by atoms with van der Waals surface area (Å²) in [6, 6.07) is 0. The van der Waals surface area contributed by atoms with E-state index >= 15 is 0 Å². The van der Waals surface area contributed by atoms with Crippen molar-refractivity contribution >= 4 is 28.1 Å². The van der Waals surface area contributed by atoms with E-state index in [1.807, 2.05) is 13.0 Å². The van der Waals surface area contributed by atoms with Gasteiger partial charge in [0.15, 0.2) is 0 Å². The maximum absolute atomic E-state index is 9.97. The summed E-state index contributed by atoms with van der Waals surface area (Å²) in [5.41, 5.74) is 1.19. The van der Waals surface area contributed by atoms with Crippen LogP contribution in [0.2, 0.25) is 0 Å². The number of aromatic hydroxyl groups is 2. The van der Waals surface area contributed by atoms with Crippen LogP contribution < -0.4 is 0 Å². The fourth-order valence-corrected chi connectivity index (χ4v) is 1.84. The number of rotatable bonds is 5. The first-order chi connectivity index (χ1) is 7.67. The highest BCUT2D eigenvalue weighted by Gasteiger charge is 2.17. The first-order valence-corrected chi connectivity index (χ1v) is 6.25. The summed E-state index contributed by atoms with van der Waals surface area (Å²) < 4.78 is 1.49. The minimum Gasteiger partial charge on any atom is -0.494 e. The molecular formula is C12H16BrNO2. The summed E-state index contributed by atoms with van der Waals surface area (Å²) in [7, 11) is 0. The fraction of sp³-hybridized carbons (Fsp3) is 0.333. The highest BCUT2D eigenvalue weighted by atomic mass is 79.9. The Morgan fingerprint density at radius 1 is 1.31 bits per heavy atom. The molecule has 1 heterocycles. The van der Waals surface area contributed by atoms with E-state index < -0.39 is 0 Å². The molecule has 0 amide bonds. The van der Waals surface area contributed by atoms with Crippen LogP contribution in [-0.2, 0) is 6.54 Å². The first kappa shape index (κ1) is 12.9. The number of hydrogen-bond acceptors (Lipinski definition) is 2. The largest absolute Gasteiger partial charge is 0.494 e. The van der Waals surface area contributed by atoms with Gasteiger partial charge in [0.1, 0.15) is 0 Å². The summed E-state index contributed by atoms with van der Waals surface area (Å²) in [6.45, 7) is 6.07. The molecule has 0 fully saturated rings. The zero-order chi connectivity index (χ0) is 12.1. The molecule has 0 saturated heterocycles. The van der Waals surface area contributed by atoms with Crippen LogP contribution in [0.5, 0.6) is 11.8 Å². The molecule has 0 aromatic carbocycles. The van der Waals surface area contributed by atoms with E-state index in [1.165, 1.54) is 4.57 Å². The van der Waals surface area contributed by atoms with Gasteiger partial charge in [0, 0.05) is 23.0 Å². The van der Waals surface area contributed by atoms with Crippen LogP contribution >= 0.6 is 15.9 Å². The van der Waals surface area contributed by atoms with Crippen molar-refractivity contribution in [3.8, 4) is 11.8 Å². The average molecular weight is 286 g/mol. The minimum absolute atomic E-state index is 0.0709. The van der Waals surface area contributed by atoms with Gasteiger partial charge in [-0.2, -0.15) is 0 Å². The van der Waals surface area contributed by atoms with E-state index in [2.05, 4.69) is 22.5 Å². The van der Waals surface area contributed by atoms with E-state index in [0.717, 1.165) is 11.8 Å². The maximum atomic E-state index is 9.97. The molecule has 1 aromatic rings. The standard InChI is InChI=1S/C12H16BrNO2/c1-3-6-10-9(4-2)11(15)14(12(10)16)8-5-7-13/h3-4,6,15-16H,2,5,7-8H2,1H3. The van der Waals surface area contributed by atoms with Crippen molar-refractivity contribution in [3.05, 3.63) is 23.8 Å². The Morgan fingerprint density at radius 3 is 2.44 bits per heavy atom. The quantitative estimate of drug-likeness (QED) is 0.815. The number of alkyl halides is 1. The van der Waals surface area contributed by atoms with Gasteiger partial charge in [0.05, 0.1) is 0 Å². The molecule has 0 atom stereocenters. The molecule has 2 N–H and O–H groups in total. The Kier molecular flexibility index (Phi) is 4.68. The van der Waals surface area contributed by atoms with E-state index in [0.29, 0.717) is 17.7 Å². The average Bonchev–Trinajstić information content (AvgIpc) is 2.50. The van der Waals surface area contributed by atoms with Crippen molar-refractivity contribution in [3.63, 3.8) is 0 Å². The molecule has 0 bridgehead atoms. The SMILES string of the molecule is C=Cc1c(C=CC)c(O)n(CCCBr)c1O. The van der Waals surface area contributed by atoms with E-state index in [4.69, 9.17) is 0 Å². The number of allylic oxidation sites excluding steroid dienone is 1. The molecule has 0 saturated carbocycles. The minimum atomic E-state index is 0.0709. The van der Waals surface area contributed by atoms with Crippen molar-refractivity contribution < 1.29 is 10.2 Å². The van der Waals surface area contributed by atoms with E-state index in [-0.39, 0.29) is 11.8 Å². The topological polar surface area (TPSA) is 45.4 Å². The number of nitrogens with zero attached hydrogens (tertiary/aromatic N) is 1. The molecule has 0 aliphatic carbocycles. The Morgan fingerprint density at radius 2 is 1.94 bits per heavy atom. The Balaban J connectivity index is 3.24. The predicted octanol–water partition coefficient (Wildman–Crippen LogP) is 3.36. The van der Waals surface area contributed by atoms with Crippen LogP contribution in [0.15, 0.2) is 12.7 Å². The zero-order valence-corrected chi connectivity index (χ0v) is 10.9. The molecule has 1 rings (SSSR count). The second kappa shape index (κ2) is 5.80. The summed E-state index contributed by atoms with van der Waals surface area (Å²) >= 11 is 3.32. The highest BCUT2D eigenvalue weighted by molar-refractivity contribution is 9.09. The van der Waals surface area contributed by atoms with Gasteiger partial charge in [0.2, 0.25) is 11.8 Å². The number of hydrogen-bond donors (Lipinski definition) is 2. The molecule has 0 aliphatic rings. The van der Waals surface area contributed by atoms with Crippen LogP contribution in [0.4, 0.5) is 0 Å². The summed E-state index contributed by atoms with van der Waals surface area (Å²) in [5, 5.41) is 20.7. The Labute approximate surface area is 104 Å². The lowest BCUT2D eigenvalue weighted by Gasteiger charge is -2.04. The molecule has 3 nitrogen and oxygen atoms in total. The van der Waals surface area contributed by atoms with Crippen molar-refractivity contribution in [1.29, 1.82) is 0 Å². The van der Waals surface area contributed by atoms with Crippen molar-refractivity contribution in [2.75, 3.05) is 5.33 Å². The number of halogens is 1. The lowest BCUT2D eigenvalue weighted by atomic mass is 10.2. The molecule has 1 aromatic heterocycles. The Bertz CT molecular complexity index is 408. The summed E-state index contributed by atoms with van der Waals surface area (Å²) in [4.78, 5) is 0. The van der Waals surface area contributed by atoms with E-state index in [1.54, 1.807) is 12.2 Å². The van der Waals surface area contributed by atoms with Gasteiger partial charge in [-0.1, -0.05) is 40.7 Å². The van der Waals surface area contributed by atoms with Gasteiger partial charge in [-0.05, 0) is 13.3 Å². The van der Waals surface area contributed by atoms with Gasteiger partial charge in [0.25, 0.3) is 0 Å². The smallest absolute Gasteiger partial charge is 0.202 e. The first-order valence-electron chi connectivity index (χ1n) is 5.12. The fourth-order valence-electron chi connectivity index (χ4n) is 1.59. The molecular weight excluding hydrogens is 270 g/mol. The van der Waals surface area contributed by atoms with Gasteiger partial charge < -0.3 is 10.2 Å². The van der Waals surface area contributed by atoms with Crippen LogP contribution in [0, 0.1) is 0 Å². The molecule has 0 radical (unpaired) electrons. The van der Waals surface area contributed by atoms with Crippen LogP contribution in [0.25, 0.3) is 12.2 Å². The second-order valence-corrected chi connectivity index (χ2v) is 4.17. The maximum Gasteiger partial charge on any atom is 0.202 e. The lowest BCUT2D eigenvalue weighted by molar-refractivity contribution is 0.367. The third kappa shape index (κ3) is 2.32. The lowest BCUT2D eigenvalue weighted by Crippen LogP contribution is -1.97. The van der Waals surface area contributed by atoms with Crippen molar-refractivity contribution in [1.82, 2.24) is 4.57 Å². The predicted molar refractivity (Wildman–Crippen MR) is 71.0 cm³/mol. The van der Waals surface area contributed by atoms with Crippen molar-refractivity contribution in [2.24, 2.45) is 0 Å². The van der Waals surface area contributed by atoms with Gasteiger partial charge >= 0.3 is 0 Å².